The molecule has 0 spiro atoms. The molecule has 0 radical (unpaired) electrons. The van der Waals surface area contributed by atoms with Crippen LogP contribution in [-0.4, -0.2) is 30.3 Å². The second kappa shape index (κ2) is 11.0. The van der Waals surface area contributed by atoms with Gasteiger partial charge in [0.15, 0.2) is 0 Å². The largest absolute Gasteiger partial charge is 0.376 e. The van der Waals surface area contributed by atoms with Crippen LogP contribution in [0.15, 0.2) is 42.5 Å². The number of anilines is 3. The van der Waals surface area contributed by atoms with Crippen LogP contribution in [0.5, 0.6) is 0 Å². The van der Waals surface area contributed by atoms with E-state index in [1.54, 1.807) is 37.3 Å². The van der Waals surface area contributed by atoms with Gasteiger partial charge in [0, 0.05) is 35.1 Å². The van der Waals surface area contributed by atoms with Crippen molar-refractivity contribution < 1.29 is 14.4 Å². The highest BCUT2D eigenvalue weighted by molar-refractivity contribution is 5.97. The van der Waals surface area contributed by atoms with Crippen molar-refractivity contribution in [1.29, 1.82) is 0 Å². The summed E-state index contributed by atoms with van der Waals surface area (Å²) in [5.74, 6) is -0.407. The van der Waals surface area contributed by atoms with Gasteiger partial charge in [-0.1, -0.05) is 19.9 Å². The number of nitrogens with one attached hydrogen (secondary N) is 4. The van der Waals surface area contributed by atoms with Gasteiger partial charge in [-0.3, -0.25) is 14.4 Å². The summed E-state index contributed by atoms with van der Waals surface area (Å²) in [7, 11) is 0. The molecule has 3 amide bonds. The zero-order valence-corrected chi connectivity index (χ0v) is 18.0. The Hall–Kier alpha value is -3.35. The fraction of sp³-hybridized carbons (Fsp3) is 0.348. The predicted octanol–water partition coefficient (Wildman–Crippen LogP) is 3.92. The fourth-order valence-corrected chi connectivity index (χ4v) is 2.61. The third-order valence-corrected chi connectivity index (χ3v) is 4.71. The zero-order valence-electron chi connectivity index (χ0n) is 18.0. The summed E-state index contributed by atoms with van der Waals surface area (Å²) in [4.78, 5) is 36.0. The van der Waals surface area contributed by atoms with Crippen LogP contribution in [0, 0.1) is 6.92 Å². The molecule has 2 rings (SSSR count). The molecule has 0 aliphatic rings. The maximum Gasteiger partial charge on any atom is 0.251 e. The zero-order chi connectivity index (χ0) is 22.1. The van der Waals surface area contributed by atoms with Crippen LogP contribution < -0.4 is 21.3 Å². The van der Waals surface area contributed by atoms with Gasteiger partial charge >= 0.3 is 0 Å². The van der Waals surface area contributed by atoms with E-state index in [0.717, 1.165) is 23.4 Å². The molecular formula is C23H30N4O3. The third-order valence-electron chi connectivity index (χ3n) is 4.71. The summed E-state index contributed by atoms with van der Waals surface area (Å²) >= 11 is 0. The minimum absolute atomic E-state index is 0.0609. The molecule has 0 fully saturated rings. The molecule has 2 aromatic carbocycles. The molecule has 0 saturated carbocycles. The standard InChI is InChI=1S/C23H30N4O3/c1-5-16(4)25-23(30)17-8-11-18(12-9-17)26-22(29)14-24-19-10-7-15(3)20(13-19)27-21(28)6-2/h7-13,16,24H,5-6,14H2,1-4H3,(H,25,30)(H,26,29)(H,27,28). The molecule has 1 unspecified atom stereocenters. The van der Waals surface area contributed by atoms with Crippen molar-refractivity contribution in [3.8, 4) is 0 Å². The molecule has 0 aliphatic heterocycles. The first kappa shape index (κ1) is 22.9. The molecule has 0 saturated heterocycles. The van der Waals surface area contributed by atoms with Gasteiger partial charge in [-0.05, 0) is 62.2 Å². The summed E-state index contributed by atoms with van der Waals surface area (Å²) in [5, 5.41) is 11.6. The van der Waals surface area contributed by atoms with Crippen LogP contribution >= 0.6 is 0 Å². The highest BCUT2D eigenvalue weighted by Crippen LogP contribution is 2.20. The van der Waals surface area contributed by atoms with Crippen molar-refractivity contribution >= 4 is 34.8 Å². The highest BCUT2D eigenvalue weighted by Gasteiger charge is 2.09. The molecule has 0 bridgehead atoms. The molecule has 0 aliphatic carbocycles. The first-order valence-electron chi connectivity index (χ1n) is 10.2. The van der Waals surface area contributed by atoms with Crippen molar-refractivity contribution in [3.05, 3.63) is 53.6 Å². The van der Waals surface area contributed by atoms with Crippen LogP contribution in [0.1, 0.15) is 49.5 Å². The number of benzene rings is 2. The van der Waals surface area contributed by atoms with Gasteiger partial charge in [0.05, 0.1) is 6.54 Å². The van der Waals surface area contributed by atoms with E-state index in [2.05, 4.69) is 21.3 Å². The molecule has 0 aromatic heterocycles. The van der Waals surface area contributed by atoms with Crippen molar-refractivity contribution in [1.82, 2.24) is 5.32 Å². The van der Waals surface area contributed by atoms with Crippen molar-refractivity contribution in [3.63, 3.8) is 0 Å². The van der Waals surface area contributed by atoms with E-state index in [9.17, 15) is 14.4 Å². The molecule has 2 aromatic rings. The number of carbonyl (C=O) groups excluding carboxylic acids is 3. The normalized spacial score (nSPS) is 11.3. The summed E-state index contributed by atoms with van der Waals surface area (Å²) in [5.41, 5.74) is 3.57. The van der Waals surface area contributed by atoms with E-state index in [-0.39, 0.29) is 30.3 Å². The van der Waals surface area contributed by atoms with Crippen LogP contribution in [-0.2, 0) is 9.59 Å². The molecule has 1 atom stereocenters. The van der Waals surface area contributed by atoms with Gasteiger partial charge in [0.25, 0.3) is 5.91 Å². The molecular weight excluding hydrogens is 380 g/mol. The number of carbonyl (C=O) groups is 3. The second-order valence-corrected chi connectivity index (χ2v) is 7.19. The number of amides is 3. The lowest BCUT2D eigenvalue weighted by Crippen LogP contribution is -2.31. The van der Waals surface area contributed by atoms with Crippen molar-refractivity contribution in [2.75, 3.05) is 22.5 Å². The van der Waals surface area contributed by atoms with Gasteiger partial charge in [0.1, 0.15) is 0 Å². The predicted molar refractivity (Wildman–Crippen MR) is 121 cm³/mol. The molecule has 30 heavy (non-hydrogen) atoms. The lowest BCUT2D eigenvalue weighted by Gasteiger charge is -2.13. The van der Waals surface area contributed by atoms with Crippen molar-refractivity contribution in [2.24, 2.45) is 0 Å². The summed E-state index contributed by atoms with van der Waals surface area (Å²) in [6.45, 7) is 7.74. The molecule has 7 heteroatoms. The number of hydrogen-bond donors (Lipinski definition) is 4. The lowest BCUT2D eigenvalue weighted by atomic mass is 10.1. The van der Waals surface area contributed by atoms with E-state index >= 15 is 0 Å². The maximum atomic E-state index is 12.2. The Bertz CT molecular complexity index is 894. The summed E-state index contributed by atoms with van der Waals surface area (Å²) in [6, 6.07) is 12.4. The minimum atomic E-state index is -0.216. The van der Waals surface area contributed by atoms with Crippen LogP contribution in [0.4, 0.5) is 17.1 Å². The van der Waals surface area contributed by atoms with Gasteiger partial charge in [-0.25, -0.2) is 0 Å². The van der Waals surface area contributed by atoms with Crippen LogP contribution in [0.2, 0.25) is 0 Å². The van der Waals surface area contributed by atoms with Crippen LogP contribution in [0.25, 0.3) is 0 Å². The Kier molecular flexibility index (Phi) is 8.41. The Labute approximate surface area is 177 Å². The lowest BCUT2D eigenvalue weighted by molar-refractivity contribution is -0.116. The quantitative estimate of drug-likeness (QED) is 0.503. The number of rotatable bonds is 9. The minimum Gasteiger partial charge on any atom is -0.376 e. The SMILES string of the molecule is CCC(=O)Nc1cc(NCC(=O)Nc2ccc(C(=O)NC(C)CC)cc2)ccc1C. The molecule has 0 heterocycles. The first-order valence-corrected chi connectivity index (χ1v) is 10.2. The van der Waals surface area contributed by atoms with Gasteiger partial charge in [0.2, 0.25) is 11.8 Å². The highest BCUT2D eigenvalue weighted by atomic mass is 16.2. The fourth-order valence-electron chi connectivity index (χ4n) is 2.61. The van der Waals surface area contributed by atoms with E-state index in [1.165, 1.54) is 0 Å². The number of aryl methyl sites for hydroxylation is 1. The van der Waals surface area contributed by atoms with Gasteiger partial charge < -0.3 is 21.3 Å². The third kappa shape index (κ3) is 6.92. The Balaban J connectivity index is 1.89. The van der Waals surface area contributed by atoms with E-state index in [4.69, 9.17) is 0 Å². The smallest absolute Gasteiger partial charge is 0.251 e. The number of hydrogen-bond acceptors (Lipinski definition) is 4. The van der Waals surface area contributed by atoms with Crippen molar-refractivity contribution in [2.45, 2.75) is 46.6 Å². The van der Waals surface area contributed by atoms with Gasteiger partial charge in [-0.15, -0.1) is 0 Å². The van der Waals surface area contributed by atoms with E-state index in [0.29, 0.717) is 17.7 Å². The molecule has 160 valence electrons. The van der Waals surface area contributed by atoms with Crippen LogP contribution in [0.3, 0.4) is 0 Å². The topological polar surface area (TPSA) is 99.3 Å². The molecule has 7 nitrogen and oxygen atoms in total. The first-order chi connectivity index (χ1) is 14.3. The average molecular weight is 411 g/mol. The molecule has 4 N–H and O–H groups in total. The van der Waals surface area contributed by atoms with E-state index < -0.39 is 0 Å². The van der Waals surface area contributed by atoms with Gasteiger partial charge in [-0.2, -0.15) is 0 Å². The van der Waals surface area contributed by atoms with E-state index in [1.807, 2.05) is 32.9 Å². The summed E-state index contributed by atoms with van der Waals surface area (Å²) < 4.78 is 0. The maximum absolute atomic E-state index is 12.2. The Morgan fingerprint density at radius 2 is 1.57 bits per heavy atom. The Morgan fingerprint density at radius 3 is 2.20 bits per heavy atom. The summed E-state index contributed by atoms with van der Waals surface area (Å²) in [6.07, 6.45) is 1.26. The second-order valence-electron chi connectivity index (χ2n) is 7.19. The average Bonchev–Trinajstić information content (AvgIpc) is 2.74. The Morgan fingerprint density at radius 1 is 0.900 bits per heavy atom. The monoisotopic (exact) mass is 410 g/mol.